The minimum absolute atomic E-state index is 0.00828. The van der Waals surface area contributed by atoms with Crippen molar-refractivity contribution < 1.29 is 35.9 Å². The summed E-state index contributed by atoms with van der Waals surface area (Å²) in [6, 6.07) is 2.07. The Hall–Kier alpha value is -3.07. The van der Waals surface area contributed by atoms with Gasteiger partial charge in [0.2, 0.25) is 5.82 Å². The van der Waals surface area contributed by atoms with Crippen LogP contribution in [0.15, 0.2) is 35.0 Å². The first kappa shape index (κ1) is 25.0. The fourth-order valence-corrected chi connectivity index (χ4v) is 4.51. The highest BCUT2D eigenvalue weighted by Crippen LogP contribution is 2.37. The third kappa shape index (κ3) is 6.14. The van der Waals surface area contributed by atoms with Crippen molar-refractivity contribution in [2.45, 2.75) is 19.0 Å². The SMILES string of the molecule is O=C(Nc1cc(C(F)(F)F)cc(C(F)(F)F)c1)N1CCN(c2nsnc2OCc2ccsc2)CC1. The summed E-state index contributed by atoms with van der Waals surface area (Å²) in [7, 11) is 0. The molecule has 1 aliphatic heterocycles. The van der Waals surface area contributed by atoms with E-state index in [1.165, 1.54) is 16.2 Å². The van der Waals surface area contributed by atoms with Crippen LogP contribution in [-0.4, -0.2) is 45.9 Å². The summed E-state index contributed by atoms with van der Waals surface area (Å²) in [5, 5.41) is 6.02. The number of carbonyl (C=O) groups is 1. The van der Waals surface area contributed by atoms with Gasteiger partial charge in [-0.1, -0.05) is 0 Å². The molecule has 1 fully saturated rings. The van der Waals surface area contributed by atoms with Gasteiger partial charge < -0.3 is 19.9 Å². The van der Waals surface area contributed by atoms with Gasteiger partial charge in [-0.2, -0.15) is 42.1 Å². The molecule has 1 aromatic carbocycles. The monoisotopic (exact) mass is 537 g/mol. The number of anilines is 2. The first-order valence-corrected chi connectivity index (χ1v) is 11.7. The lowest BCUT2D eigenvalue weighted by Crippen LogP contribution is -2.50. The van der Waals surface area contributed by atoms with Crippen LogP contribution < -0.4 is 15.0 Å². The molecule has 0 bridgehead atoms. The van der Waals surface area contributed by atoms with Gasteiger partial charge in [-0.25, -0.2) is 4.79 Å². The highest BCUT2D eigenvalue weighted by molar-refractivity contribution is 7.07. The number of amides is 2. The van der Waals surface area contributed by atoms with E-state index in [9.17, 15) is 31.1 Å². The van der Waals surface area contributed by atoms with Gasteiger partial charge in [0.25, 0.3) is 5.88 Å². The number of ether oxygens (including phenoxy) is 1. The molecule has 3 heterocycles. The minimum Gasteiger partial charge on any atom is -0.469 e. The van der Waals surface area contributed by atoms with Gasteiger partial charge in [-0.15, -0.1) is 4.37 Å². The van der Waals surface area contributed by atoms with Crippen LogP contribution in [0.4, 0.5) is 42.6 Å². The van der Waals surface area contributed by atoms with Crippen molar-refractivity contribution in [2.24, 2.45) is 0 Å². The molecule has 0 atom stereocenters. The standard InChI is InChI=1S/C20H17F6N5O2S2/c21-19(22,23)13-7-14(20(24,25)26)9-15(8-13)27-18(32)31-4-2-30(3-5-31)16-17(29-35-28-16)33-10-12-1-6-34-11-12/h1,6-9,11H,2-5,10H2,(H,27,32). The Labute approximate surface area is 203 Å². The van der Waals surface area contributed by atoms with Crippen molar-refractivity contribution >= 4 is 40.6 Å². The average Bonchev–Trinajstić information content (AvgIpc) is 3.48. The maximum atomic E-state index is 13.1. The molecule has 0 radical (unpaired) electrons. The van der Waals surface area contributed by atoms with E-state index in [1.54, 1.807) is 0 Å². The fourth-order valence-electron chi connectivity index (χ4n) is 3.34. The quantitative estimate of drug-likeness (QED) is 0.431. The van der Waals surface area contributed by atoms with Gasteiger partial charge in [-0.3, -0.25) is 0 Å². The number of nitrogens with zero attached hydrogens (tertiary/aromatic N) is 4. The molecule has 188 valence electrons. The highest BCUT2D eigenvalue weighted by Gasteiger charge is 2.37. The molecule has 15 heteroatoms. The zero-order valence-electron chi connectivity index (χ0n) is 17.7. The van der Waals surface area contributed by atoms with E-state index in [0.29, 0.717) is 43.5 Å². The van der Waals surface area contributed by atoms with Crippen molar-refractivity contribution in [1.82, 2.24) is 13.6 Å². The van der Waals surface area contributed by atoms with Crippen molar-refractivity contribution in [3.63, 3.8) is 0 Å². The predicted octanol–water partition coefficient (Wildman–Crippen LogP) is 5.57. The van der Waals surface area contributed by atoms with Gasteiger partial charge in [0.15, 0.2) is 0 Å². The maximum absolute atomic E-state index is 13.1. The Morgan fingerprint density at radius 1 is 1.00 bits per heavy atom. The summed E-state index contributed by atoms with van der Waals surface area (Å²) < 4.78 is 92.5. The smallest absolute Gasteiger partial charge is 0.416 e. The Morgan fingerprint density at radius 2 is 1.66 bits per heavy atom. The van der Waals surface area contributed by atoms with Crippen LogP contribution >= 0.6 is 23.1 Å². The maximum Gasteiger partial charge on any atom is 0.416 e. The van der Waals surface area contributed by atoms with Gasteiger partial charge in [0.05, 0.1) is 22.9 Å². The van der Waals surface area contributed by atoms with E-state index in [1.807, 2.05) is 21.7 Å². The number of urea groups is 1. The average molecular weight is 538 g/mol. The third-order valence-electron chi connectivity index (χ3n) is 5.10. The molecule has 7 nitrogen and oxygen atoms in total. The molecule has 0 unspecified atom stereocenters. The first-order valence-electron chi connectivity index (χ1n) is 10.1. The summed E-state index contributed by atoms with van der Waals surface area (Å²) in [6.07, 6.45) is -10.0. The number of rotatable bonds is 5. The Morgan fingerprint density at radius 3 is 2.23 bits per heavy atom. The molecular weight excluding hydrogens is 520 g/mol. The molecule has 1 saturated heterocycles. The number of thiophene rings is 1. The van der Waals surface area contributed by atoms with Crippen molar-refractivity contribution in [3.05, 3.63) is 51.7 Å². The number of hydrogen-bond acceptors (Lipinski definition) is 7. The lowest BCUT2D eigenvalue weighted by Gasteiger charge is -2.34. The third-order valence-corrected chi connectivity index (χ3v) is 6.34. The fraction of sp³-hybridized carbons (Fsp3) is 0.350. The zero-order chi connectivity index (χ0) is 25.2. The Balaban J connectivity index is 1.38. The van der Waals surface area contributed by atoms with Crippen molar-refractivity contribution in [3.8, 4) is 5.88 Å². The molecule has 1 aliphatic rings. The Bertz CT molecular complexity index is 1130. The molecule has 3 aromatic rings. The number of alkyl halides is 6. The van der Waals surface area contributed by atoms with Crippen molar-refractivity contribution in [1.29, 1.82) is 0 Å². The number of hydrogen-bond donors (Lipinski definition) is 1. The normalized spacial score (nSPS) is 14.8. The summed E-state index contributed by atoms with van der Waals surface area (Å²) in [4.78, 5) is 15.7. The van der Waals surface area contributed by atoms with Crippen LogP contribution in [0.5, 0.6) is 5.88 Å². The van der Waals surface area contributed by atoms with Crippen LogP contribution in [0.25, 0.3) is 0 Å². The van der Waals surface area contributed by atoms with E-state index >= 15 is 0 Å². The predicted molar refractivity (Wildman–Crippen MR) is 118 cm³/mol. The molecule has 2 aromatic heterocycles. The van der Waals surface area contributed by atoms with Crippen LogP contribution in [0.1, 0.15) is 16.7 Å². The molecule has 2 amide bonds. The van der Waals surface area contributed by atoms with E-state index in [2.05, 4.69) is 14.1 Å². The number of piperazine rings is 1. The van der Waals surface area contributed by atoms with E-state index in [4.69, 9.17) is 4.74 Å². The number of nitrogens with one attached hydrogen (secondary N) is 1. The second-order valence-corrected chi connectivity index (χ2v) is 8.82. The van der Waals surface area contributed by atoms with Crippen molar-refractivity contribution in [2.75, 3.05) is 36.4 Å². The van der Waals surface area contributed by atoms with Gasteiger partial charge in [0.1, 0.15) is 6.61 Å². The topological polar surface area (TPSA) is 70.6 Å². The van der Waals surface area contributed by atoms with Gasteiger partial charge in [-0.05, 0) is 35.0 Å². The largest absolute Gasteiger partial charge is 0.469 e. The second-order valence-electron chi connectivity index (χ2n) is 7.51. The molecule has 0 spiro atoms. The molecular formula is C20H17F6N5O2S2. The van der Waals surface area contributed by atoms with E-state index < -0.39 is 35.2 Å². The summed E-state index contributed by atoms with van der Waals surface area (Å²) in [6.45, 7) is 1.30. The van der Waals surface area contributed by atoms with Crippen LogP contribution in [0.3, 0.4) is 0 Å². The lowest BCUT2D eigenvalue weighted by atomic mass is 10.1. The second kappa shape index (κ2) is 9.89. The molecule has 0 saturated carbocycles. The molecule has 4 rings (SSSR count). The minimum atomic E-state index is -5.00. The summed E-state index contributed by atoms with van der Waals surface area (Å²) >= 11 is 2.51. The molecule has 35 heavy (non-hydrogen) atoms. The summed E-state index contributed by atoms with van der Waals surface area (Å²) in [5.74, 6) is 0.862. The zero-order valence-corrected chi connectivity index (χ0v) is 19.3. The van der Waals surface area contributed by atoms with Crippen LogP contribution in [-0.2, 0) is 19.0 Å². The number of benzene rings is 1. The van der Waals surface area contributed by atoms with E-state index in [-0.39, 0.29) is 19.2 Å². The first-order chi connectivity index (χ1) is 16.5. The van der Waals surface area contributed by atoms with Gasteiger partial charge in [0, 0.05) is 37.4 Å². The lowest BCUT2D eigenvalue weighted by molar-refractivity contribution is -0.143. The number of halogens is 6. The van der Waals surface area contributed by atoms with Gasteiger partial charge >= 0.3 is 18.4 Å². The Kier molecular flexibility index (Phi) is 7.07. The van der Waals surface area contributed by atoms with E-state index in [0.717, 1.165) is 17.3 Å². The number of aromatic nitrogens is 2. The summed E-state index contributed by atoms with van der Waals surface area (Å²) in [5.41, 5.74) is -2.61. The highest BCUT2D eigenvalue weighted by atomic mass is 32.1. The number of carbonyl (C=O) groups excluding carboxylic acids is 1. The molecule has 0 aliphatic carbocycles. The molecule has 1 N–H and O–H groups in total. The van der Waals surface area contributed by atoms with Crippen LogP contribution in [0, 0.1) is 0 Å². The van der Waals surface area contributed by atoms with Crippen LogP contribution in [0.2, 0.25) is 0 Å².